The fraction of sp³-hybridized carbons (Fsp3) is 0.450. The largest absolute Gasteiger partial charge is 0.366 e. The first-order valence-corrected chi connectivity index (χ1v) is 11.1. The second-order valence-corrected chi connectivity index (χ2v) is 8.56. The van der Waals surface area contributed by atoms with Crippen LogP contribution >= 0.6 is 15.9 Å². The van der Waals surface area contributed by atoms with Crippen molar-refractivity contribution in [3.8, 4) is 0 Å². The molecule has 4 heterocycles. The van der Waals surface area contributed by atoms with E-state index >= 15 is 0 Å². The van der Waals surface area contributed by atoms with Gasteiger partial charge in [-0.15, -0.1) is 0 Å². The molecule has 1 saturated carbocycles. The van der Waals surface area contributed by atoms with Crippen LogP contribution in [0.4, 0.5) is 17.6 Å². The molecule has 1 aliphatic carbocycles. The fourth-order valence-corrected chi connectivity index (χ4v) is 4.66. The van der Waals surface area contributed by atoms with Crippen molar-refractivity contribution in [1.82, 2.24) is 29.8 Å². The number of piperazine rings is 1. The minimum absolute atomic E-state index is 0.0457. The number of pyridine rings is 1. The standard InChI is InChI=1S/C20H23BrN8O/c21-16-9-13-10-23-20(26-17(13)29(18(16)30)14-3-1-2-4-14)27-19-24-11-15(12-25-19)28-7-5-22-6-8-28/h9-12,14,22H,1-8H2,(H,23,24,25,26,27). The smallest absolute Gasteiger partial charge is 0.266 e. The summed E-state index contributed by atoms with van der Waals surface area (Å²) >= 11 is 3.39. The lowest BCUT2D eigenvalue weighted by Gasteiger charge is -2.28. The van der Waals surface area contributed by atoms with Crippen LogP contribution in [0.25, 0.3) is 11.0 Å². The molecule has 0 radical (unpaired) electrons. The molecule has 0 aromatic carbocycles. The van der Waals surface area contributed by atoms with E-state index in [1.165, 1.54) is 0 Å². The zero-order chi connectivity index (χ0) is 20.5. The Labute approximate surface area is 182 Å². The summed E-state index contributed by atoms with van der Waals surface area (Å²) in [6.07, 6.45) is 9.61. The molecular formula is C20H23BrN8O. The molecule has 30 heavy (non-hydrogen) atoms. The molecule has 1 saturated heterocycles. The highest BCUT2D eigenvalue weighted by Gasteiger charge is 2.22. The Balaban J connectivity index is 1.44. The first-order chi connectivity index (χ1) is 14.7. The van der Waals surface area contributed by atoms with E-state index in [2.05, 4.69) is 51.4 Å². The summed E-state index contributed by atoms with van der Waals surface area (Å²) in [6, 6.07) is 1.96. The van der Waals surface area contributed by atoms with Crippen LogP contribution in [0, 0.1) is 0 Å². The molecule has 0 unspecified atom stereocenters. The Hall–Kier alpha value is -2.59. The van der Waals surface area contributed by atoms with Gasteiger partial charge >= 0.3 is 0 Å². The van der Waals surface area contributed by atoms with Gasteiger partial charge in [0.05, 0.1) is 22.6 Å². The van der Waals surface area contributed by atoms with Crippen molar-refractivity contribution in [2.24, 2.45) is 0 Å². The Kier molecular flexibility index (Phi) is 5.34. The van der Waals surface area contributed by atoms with Gasteiger partial charge in [-0.05, 0) is 34.8 Å². The lowest BCUT2D eigenvalue weighted by Crippen LogP contribution is -2.43. The third kappa shape index (κ3) is 3.77. The third-order valence-corrected chi connectivity index (χ3v) is 6.33. The van der Waals surface area contributed by atoms with Crippen LogP contribution in [0.5, 0.6) is 0 Å². The summed E-state index contributed by atoms with van der Waals surface area (Å²) in [5.41, 5.74) is 1.60. The summed E-state index contributed by atoms with van der Waals surface area (Å²) in [7, 11) is 0. The summed E-state index contributed by atoms with van der Waals surface area (Å²) in [5.74, 6) is 0.811. The number of anilines is 3. The highest BCUT2D eigenvalue weighted by atomic mass is 79.9. The van der Waals surface area contributed by atoms with Gasteiger partial charge in [0.25, 0.3) is 5.56 Å². The summed E-state index contributed by atoms with van der Waals surface area (Å²) < 4.78 is 2.35. The van der Waals surface area contributed by atoms with Crippen LogP contribution in [0.15, 0.2) is 33.9 Å². The van der Waals surface area contributed by atoms with Crippen LogP contribution in [0.1, 0.15) is 31.7 Å². The number of hydrogen-bond acceptors (Lipinski definition) is 8. The molecule has 2 fully saturated rings. The maximum absolute atomic E-state index is 12.8. The van der Waals surface area contributed by atoms with Gasteiger partial charge in [-0.2, -0.15) is 4.98 Å². The van der Waals surface area contributed by atoms with Gasteiger partial charge in [0.15, 0.2) is 0 Å². The molecule has 0 atom stereocenters. The van der Waals surface area contributed by atoms with E-state index in [0.29, 0.717) is 22.0 Å². The van der Waals surface area contributed by atoms with Crippen molar-refractivity contribution in [2.45, 2.75) is 31.7 Å². The number of aromatic nitrogens is 5. The molecule has 156 valence electrons. The summed E-state index contributed by atoms with van der Waals surface area (Å²) in [5, 5.41) is 7.24. The Morgan fingerprint density at radius 1 is 1.03 bits per heavy atom. The molecule has 3 aromatic rings. The molecule has 0 spiro atoms. The van der Waals surface area contributed by atoms with Crippen molar-refractivity contribution >= 4 is 44.5 Å². The predicted octanol–water partition coefficient (Wildman–Crippen LogP) is 2.61. The van der Waals surface area contributed by atoms with E-state index in [9.17, 15) is 4.79 Å². The van der Waals surface area contributed by atoms with Crippen LogP contribution in [0.3, 0.4) is 0 Å². The number of hydrogen-bond donors (Lipinski definition) is 2. The van der Waals surface area contributed by atoms with Crippen molar-refractivity contribution < 1.29 is 0 Å². The first-order valence-electron chi connectivity index (χ1n) is 10.3. The zero-order valence-corrected chi connectivity index (χ0v) is 18.1. The molecule has 1 aliphatic heterocycles. The van der Waals surface area contributed by atoms with Crippen LogP contribution in [-0.2, 0) is 0 Å². The van der Waals surface area contributed by atoms with Gasteiger partial charge in [-0.1, -0.05) is 12.8 Å². The predicted molar refractivity (Wildman–Crippen MR) is 119 cm³/mol. The highest BCUT2D eigenvalue weighted by Crippen LogP contribution is 2.31. The van der Waals surface area contributed by atoms with E-state index in [1.54, 1.807) is 12.3 Å². The summed E-state index contributed by atoms with van der Waals surface area (Å²) in [4.78, 5) is 33.0. The second-order valence-electron chi connectivity index (χ2n) is 7.71. The summed E-state index contributed by atoms with van der Waals surface area (Å²) in [6.45, 7) is 3.81. The molecular weight excluding hydrogens is 448 g/mol. The highest BCUT2D eigenvalue weighted by molar-refractivity contribution is 9.10. The average Bonchev–Trinajstić information content (AvgIpc) is 3.30. The van der Waals surface area contributed by atoms with Gasteiger partial charge in [-0.25, -0.2) is 15.0 Å². The number of nitrogens with zero attached hydrogens (tertiary/aromatic N) is 6. The topological polar surface area (TPSA) is 101 Å². The normalized spacial score (nSPS) is 17.6. The maximum atomic E-state index is 12.8. The van der Waals surface area contributed by atoms with E-state index in [0.717, 1.165) is 62.9 Å². The Morgan fingerprint density at radius 2 is 1.73 bits per heavy atom. The van der Waals surface area contributed by atoms with Gasteiger partial charge < -0.3 is 10.2 Å². The SMILES string of the molecule is O=c1c(Br)cc2cnc(Nc3ncc(N4CCNCC4)cn3)nc2n1C1CCCC1. The number of nitrogens with one attached hydrogen (secondary N) is 2. The quantitative estimate of drug-likeness (QED) is 0.599. The minimum Gasteiger partial charge on any atom is -0.366 e. The van der Waals surface area contributed by atoms with Crippen molar-refractivity contribution in [3.63, 3.8) is 0 Å². The molecule has 0 amide bonds. The number of rotatable bonds is 4. The fourth-order valence-electron chi connectivity index (χ4n) is 4.22. The second kappa shape index (κ2) is 8.27. The van der Waals surface area contributed by atoms with E-state index in [1.807, 2.05) is 17.0 Å². The first kappa shape index (κ1) is 19.4. The lowest BCUT2D eigenvalue weighted by molar-refractivity contribution is 0.514. The van der Waals surface area contributed by atoms with Gasteiger partial charge in [-0.3, -0.25) is 14.7 Å². The zero-order valence-electron chi connectivity index (χ0n) is 16.5. The van der Waals surface area contributed by atoms with Crippen LogP contribution in [-0.4, -0.2) is 50.7 Å². The van der Waals surface area contributed by atoms with Gasteiger partial charge in [0, 0.05) is 43.8 Å². The Bertz CT molecular complexity index is 1100. The molecule has 3 aromatic heterocycles. The van der Waals surface area contributed by atoms with E-state index in [4.69, 9.17) is 0 Å². The molecule has 10 heteroatoms. The van der Waals surface area contributed by atoms with Gasteiger partial charge in [0.2, 0.25) is 11.9 Å². The van der Waals surface area contributed by atoms with Crippen molar-refractivity contribution in [1.29, 1.82) is 0 Å². The van der Waals surface area contributed by atoms with Crippen molar-refractivity contribution in [2.75, 3.05) is 36.4 Å². The van der Waals surface area contributed by atoms with Gasteiger partial charge in [0.1, 0.15) is 5.65 Å². The molecule has 2 N–H and O–H groups in total. The Morgan fingerprint density at radius 3 is 2.47 bits per heavy atom. The minimum atomic E-state index is -0.0457. The molecule has 2 aliphatic rings. The third-order valence-electron chi connectivity index (χ3n) is 5.76. The van der Waals surface area contributed by atoms with E-state index < -0.39 is 0 Å². The molecule has 0 bridgehead atoms. The van der Waals surface area contributed by atoms with Crippen LogP contribution in [0.2, 0.25) is 0 Å². The maximum Gasteiger partial charge on any atom is 0.266 e. The molecule has 5 rings (SSSR count). The molecule has 9 nitrogen and oxygen atoms in total. The lowest BCUT2D eigenvalue weighted by atomic mass is 10.2. The number of fused-ring (bicyclic) bond motifs is 1. The van der Waals surface area contributed by atoms with Crippen LogP contribution < -0.4 is 21.1 Å². The number of halogens is 1. The average molecular weight is 471 g/mol. The van der Waals surface area contributed by atoms with E-state index in [-0.39, 0.29) is 11.6 Å². The van der Waals surface area contributed by atoms with Crippen molar-refractivity contribution in [3.05, 3.63) is 39.5 Å². The monoisotopic (exact) mass is 470 g/mol.